The minimum atomic E-state index is 0.665. The predicted octanol–water partition coefficient (Wildman–Crippen LogP) is 3.88. The van der Waals surface area contributed by atoms with Gasteiger partial charge in [0.15, 0.2) is 0 Å². The number of ether oxygens (including phenoxy) is 1. The van der Waals surface area contributed by atoms with Gasteiger partial charge in [0.2, 0.25) is 0 Å². The second-order valence-electron chi connectivity index (χ2n) is 6.49. The lowest BCUT2D eigenvalue weighted by atomic mass is 9.65. The summed E-state index contributed by atoms with van der Waals surface area (Å²) in [5, 5.41) is 0. The van der Waals surface area contributed by atoms with Gasteiger partial charge in [0, 0.05) is 0 Å². The van der Waals surface area contributed by atoms with Gasteiger partial charge in [-0.05, 0) is 67.2 Å². The lowest BCUT2D eigenvalue weighted by molar-refractivity contribution is 0.225. The fourth-order valence-corrected chi connectivity index (χ4v) is 4.51. The smallest absolute Gasteiger partial charge is 0.122 e. The average Bonchev–Trinajstić information content (AvgIpc) is 2.53. The summed E-state index contributed by atoms with van der Waals surface area (Å²) in [7, 11) is 1.79. The maximum atomic E-state index is 6.10. The molecule has 2 aliphatic rings. The molecule has 2 heteroatoms. The summed E-state index contributed by atoms with van der Waals surface area (Å²) in [4.78, 5) is 0. The summed E-state index contributed by atoms with van der Waals surface area (Å²) in [6.07, 6.45) is 9.35. The summed E-state index contributed by atoms with van der Waals surface area (Å²) < 4.78 is 5.59. The van der Waals surface area contributed by atoms with Crippen molar-refractivity contribution >= 4 is 0 Å². The van der Waals surface area contributed by atoms with E-state index in [0.29, 0.717) is 11.8 Å². The van der Waals surface area contributed by atoms with Crippen molar-refractivity contribution in [2.24, 2.45) is 17.6 Å². The fourth-order valence-electron chi connectivity index (χ4n) is 4.51. The number of benzene rings is 1. The van der Waals surface area contributed by atoms with Crippen LogP contribution in [-0.4, -0.2) is 13.7 Å². The SMILES string of the molecule is COc1cccc2c1CCC(CN)C2C1CCCCC1. The van der Waals surface area contributed by atoms with Crippen molar-refractivity contribution in [1.82, 2.24) is 0 Å². The largest absolute Gasteiger partial charge is 0.496 e. The van der Waals surface area contributed by atoms with E-state index >= 15 is 0 Å². The standard InChI is InChI=1S/C18H27NO/c1-20-17-9-5-8-16-15(17)11-10-14(12-19)18(16)13-6-3-2-4-7-13/h5,8-9,13-14,18H,2-4,6-7,10-12,19H2,1H3. The number of nitrogens with two attached hydrogens (primary N) is 1. The molecule has 2 atom stereocenters. The first-order valence-electron chi connectivity index (χ1n) is 8.21. The second kappa shape index (κ2) is 6.17. The van der Waals surface area contributed by atoms with E-state index < -0.39 is 0 Å². The quantitative estimate of drug-likeness (QED) is 0.907. The van der Waals surface area contributed by atoms with Crippen molar-refractivity contribution < 1.29 is 4.74 Å². The van der Waals surface area contributed by atoms with Gasteiger partial charge in [-0.2, -0.15) is 0 Å². The molecule has 0 radical (unpaired) electrons. The van der Waals surface area contributed by atoms with Crippen LogP contribution in [0.1, 0.15) is 55.6 Å². The second-order valence-corrected chi connectivity index (χ2v) is 6.49. The lowest BCUT2D eigenvalue weighted by Crippen LogP contribution is -2.33. The molecular weight excluding hydrogens is 246 g/mol. The Morgan fingerprint density at radius 2 is 1.95 bits per heavy atom. The molecule has 110 valence electrons. The molecule has 1 saturated carbocycles. The molecule has 0 bridgehead atoms. The molecule has 0 heterocycles. The van der Waals surface area contributed by atoms with E-state index in [9.17, 15) is 0 Å². The Kier molecular flexibility index (Phi) is 4.30. The maximum Gasteiger partial charge on any atom is 0.122 e. The van der Waals surface area contributed by atoms with Crippen LogP contribution < -0.4 is 10.5 Å². The highest BCUT2D eigenvalue weighted by molar-refractivity contribution is 5.44. The molecule has 0 aromatic heterocycles. The molecule has 2 N–H and O–H groups in total. The zero-order chi connectivity index (χ0) is 13.9. The van der Waals surface area contributed by atoms with E-state index in [0.717, 1.165) is 24.6 Å². The highest BCUT2D eigenvalue weighted by atomic mass is 16.5. The van der Waals surface area contributed by atoms with Crippen molar-refractivity contribution in [3.63, 3.8) is 0 Å². The Morgan fingerprint density at radius 1 is 1.15 bits per heavy atom. The molecule has 2 aliphatic carbocycles. The first-order valence-corrected chi connectivity index (χ1v) is 8.21. The number of methoxy groups -OCH3 is 1. The Labute approximate surface area is 122 Å². The van der Waals surface area contributed by atoms with Crippen LogP contribution in [-0.2, 0) is 6.42 Å². The summed E-state index contributed by atoms with van der Waals surface area (Å²) in [6, 6.07) is 6.60. The number of hydrogen-bond donors (Lipinski definition) is 1. The van der Waals surface area contributed by atoms with E-state index in [1.807, 2.05) is 0 Å². The molecule has 2 unspecified atom stereocenters. The van der Waals surface area contributed by atoms with Crippen molar-refractivity contribution in [2.75, 3.05) is 13.7 Å². The van der Waals surface area contributed by atoms with Crippen LogP contribution in [0, 0.1) is 11.8 Å². The van der Waals surface area contributed by atoms with Gasteiger partial charge in [-0.1, -0.05) is 31.4 Å². The summed E-state index contributed by atoms with van der Waals surface area (Å²) in [6.45, 7) is 0.831. The summed E-state index contributed by atoms with van der Waals surface area (Å²) in [5.74, 6) is 3.25. The normalized spacial score (nSPS) is 27.1. The number of rotatable bonds is 3. The van der Waals surface area contributed by atoms with Crippen molar-refractivity contribution in [3.05, 3.63) is 29.3 Å². The van der Waals surface area contributed by atoms with Crippen molar-refractivity contribution in [1.29, 1.82) is 0 Å². The van der Waals surface area contributed by atoms with Crippen molar-refractivity contribution in [3.8, 4) is 5.75 Å². The minimum absolute atomic E-state index is 0.665. The van der Waals surface area contributed by atoms with Crippen molar-refractivity contribution in [2.45, 2.75) is 50.9 Å². The van der Waals surface area contributed by atoms with Crippen LogP contribution in [0.3, 0.4) is 0 Å². The molecule has 0 aliphatic heterocycles. The Morgan fingerprint density at radius 3 is 2.65 bits per heavy atom. The van der Waals surface area contributed by atoms with Gasteiger partial charge < -0.3 is 10.5 Å². The third-order valence-electron chi connectivity index (χ3n) is 5.48. The topological polar surface area (TPSA) is 35.2 Å². The van der Waals surface area contributed by atoms with Crippen LogP contribution in [0.4, 0.5) is 0 Å². The van der Waals surface area contributed by atoms with Gasteiger partial charge in [0.05, 0.1) is 7.11 Å². The highest BCUT2D eigenvalue weighted by Gasteiger charge is 2.36. The van der Waals surface area contributed by atoms with Gasteiger partial charge in [-0.15, -0.1) is 0 Å². The first-order chi connectivity index (χ1) is 9.85. The van der Waals surface area contributed by atoms with Gasteiger partial charge in [-0.3, -0.25) is 0 Å². The molecule has 3 rings (SSSR count). The van der Waals surface area contributed by atoms with Gasteiger partial charge >= 0.3 is 0 Å². The van der Waals surface area contributed by atoms with Crippen LogP contribution in [0.15, 0.2) is 18.2 Å². The third-order valence-corrected chi connectivity index (χ3v) is 5.48. The van der Waals surface area contributed by atoms with Gasteiger partial charge in [-0.25, -0.2) is 0 Å². The third kappa shape index (κ3) is 2.46. The fraction of sp³-hybridized carbons (Fsp3) is 0.667. The average molecular weight is 273 g/mol. The Balaban J connectivity index is 1.97. The minimum Gasteiger partial charge on any atom is -0.496 e. The molecule has 1 aromatic rings. The monoisotopic (exact) mass is 273 g/mol. The maximum absolute atomic E-state index is 6.10. The van der Waals surface area contributed by atoms with Crippen LogP contribution in [0.5, 0.6) is 5.75 Å². The molecule has 0 amide bonds. The van der Waals surface area contributed by atoms with Crippen LogP contribution in [0.25, 0.3) is 0 Å². The van der Waals surface area contributed by atoms with Crippen LogP contribution >= 0.6 is 0 Å². The Bertz CT molecular complexity index is 451. The molecule has 20 heavy (non-hydrogen) atoms. The molecule has 1 aromatic carbocycles. The lowest BCUT2D eigenvalue weighted by Gasteiger charge is -2.40. The summed E-state index contributed by atoms with van der Waals surface area (Å²) in [5.41, 5.74) is 9.09. The predicted molar refractivity (Wildman–Crippen MR) is 83.2 cm³/mol. The van der Waals surface area contributed by atoms with E-state index in [1.165, 1.54) is 49.7 Å². The highest BCUT2D eigenvalue weighted by Crippen LogP contribution is 2.47. The molecule has 0 spiro atoms. The van der Waals surface area contributed by atoms with Crippen LogP contribution in [0.2, 0.25) is 0 Å². The molecule has 0 saturated heterocycles. The Hall–Kier alpha value is -1.02. The zero-order valence-electron chi connectivity index (χ0n) is 12.6. The van der Waals surface area contributed by atoms with Gasteiger partial charge in [0.1, 0.15) is 5.75 Å². The molecule has 2 nitrogen and oxygen atoms in total. The number of fused-ring (bicyclic) bond motifs is 1. The first kappa shape index (κ1) is 13.9. The van der Waals surface area contributed by atoms with E-state index in [4.69, 9.17) is 10.5 Å². The van der Waals surface area contributed by atoms with E-state index in [2.05, 4.69) is 18.2 Å². The van der Waals surface area contributed by atoms with E-state index in [1.54, 1.807) is 7.11 Å². The number of hydrogen-bond acceptors (Lipinski definition) is 2. The van der Waals surface area contributed by atoms with E-state index in [-0.39, 0.29) is 0 Å². The molecule has 1 fully saturated rings. The zero-order valence-corrected chi connectivity index (χ0v) is 12.6. The molecular formula is C18H27NO. The van der Waals surface area contributed by atoms with Gasteiger partial charge in [0.25, 0.3) is 0 Å². The summed E-state index contributed by atoms with van der Waals surface area (Å²) >= 11 is 0.